The lowest BCUT2D eigenvalue weighted by Crippen LogP contribution is -2.33. The van der Waals surface area contributed by atoms with Crippen molar-refractivity contribution in [1.82, 2.24) is 4.90 Å². The first kappa shape index (κ1) is 12.8. The van der Waals surface area contributed by atoms with Gasteiger partial charge in [0.15, 0.2) is 0 Å². The molecular formula is C15H15NO4. The van der Waals surface area contributed by atoms with E-state index in [9.17, 15) is 14.4 Å². The molecule has 0 radical (unpaired) electrons. The van der Waals surface area contributed by atoms with Gasteiger partial charge in [-0.25, -0.2) is 0 Å². The third-order valence-electron chi connectivity index (χ3n) is 3.85. The normalized spacial score (nSPS) is 23.8. The molecule has 1 heterocycles. The summed E-state index contributed by atoms with van der Waals surface area (Å²) in [6.45, 7) is 2.17. The minimum absolute atomic E-state index is 0.00261. The molecule has 5 heteroatoms. The van der Waals surface area contributed by atoms with Gasteiger partial charge < -0.3 is 4.74 Å². The average Bonchev–Trinajstić information content (AvgIpc) is 3.14. The number of fused-ring (bicyclic) bond motifs is 1. The number of rotatable bonds is 4. The van der Waals surface area contributed by atoms with Gasteiger partial charge in [0.05, 0.1) is 23.6 Å². The number of amides is 2. The minimum Gasteiger partial charge on any atom is -0.464 e. The lowest BCUT2D eigenvalue weighted by molar-refractivity contribution is -0.145. The number of hydrogen-bond donors (Lipinski definition) is 0. The monoisotopic (exact) mass is 273 g/mol. The zero-order valence-electron chi connectivity index (χ0n) is 11.2. The lowest BCUT2D eigenvalue weighted by Gasteiger charge is -2.13. The summed E-state index contributed by atoms with van der Waals surface area (Å²) in [5.41, 5.74) is 0.833. The zero-order chi connectivity index (χ0) is 14.3. The highest BCUT2D eigenvalue weighted by Crippen LogP contribution is 2.38. The summed E-state index contributed by atoms with van der Waals surface area (Å²) in [6, 6.07) is 6.71. The summed E-state index contributed by atoms with van der Waals surface area (Å²) in [5, 5.41) is 0. The predicted octanol–water partition coefficient (Wildman–Crippen LogP) is 1.48. The van der Waals surface area contributed by atoms with Crippen LogP contribution in [-0.2, 0) is 9.53 Å². The van der Waals surface area contributed by atoms with Crippen LogP contribution in [0.25, 0.3) is 0 Å². The Kier molecular flexibility index (Phi) is 3.04. The second-order valence-corrected chi connectivity index (χ2v) is 5.29. The maximum absolute atomic E-state index is 12.0. The number of carbonyl (C=O) groups is 3. The van der Waals surface area contributed by atoms with Gasteiger partial charge in [-0.2, -0.15) is 0 Å². The molecule has 2 aliphatic rings. The van der Waals surface area contributed by atoms with Gasteiger partial charge in [0.2, 0.25) is 0 Å². The molecule has 1 aromatic rings. The van der Waals surface area contributed by atoms with Crippen LogP contribution in [0.15, 0.2) is 24.3 Å². The molecule has 0 saturated heterocycles. The Labute approximate surface area is 116 Å². The summed E-state index contributed by atoms with van der Waals surface area (Å²) in [6.07, 6.45) is 0.867. The molecule has 2 atom stereocenters. The van der Waals surface area contributed by atoms with Crippen LogP contribution in [0.3, 0.4) is 0 Å². The lowest BCUT2D eigenvalue weighted by atomic mass is 10.1. The van der Waals surface area contributed by atoms with Gasteiger partial charge in [0.1, 0.15) is 6.61 Å². The Morgan fingerprint density at radius 2 is 1.80 bits per heavy atom. The summed E-state index contributed by atoms with van der Waals surface area (Å²) < 4.78 is 5.11. The molecule has 1 saturated carbocycles. The van der Waals surface area contributed by atoms with E-state index in [1.165, 1.54) is 0 Å². The second kappa shape index (κ2) is 4.74. The van der Waals surface area contributed by atoms with Crippen molar-refractivity contribution in [1.29, 1.82) is 0 Å². The standard InChI is InChI=1S/C15H15NO4/c1-9-8-12(9)15(19)20-7-6-16-13(17)10-4-2-3-5-11(10)14(16)18/h2-5,9,12H,6-8H2,1H3/t9-,12-/m1/s1. The Morgan fingerprint density at radius 3 is 2.30 bits per heavy atom. The fraction of sp³-hybridized carbons (Fsp3) is 0.400. The van der Waals surface area contributed by atoms with Gasteiger partial charge in [0.25, 0.3) is 11.8 Å². The average molecular weight is 273 g/mol. The fourth-order valence-electron chi connectivity index (χ4n) is 2.44. The first-order valence-corrected chi connectivity index (χ1v) is 6.71. The number of esters is 1. The Bertz CT molecular complexity index is 560. The third-order valence-corrected chi connectivity index (χ3v) is 3.85. The molecule has 0 unspecified atom stereocenters. The first-order chi connectivity index (χ1) is 9.59. The molecule has 0 N–H and O–H groups in total. The molecule has 1 aliphatic carbocycles. The van der Waals surface area contributed by atoms with Crippen LogP contribution in [0.2, 0.25) is 0 Å². The summed E-state index contributed by atoms with van der Waals surface area (Å²) in [4.78, 5) is 36.8. The smallest absolute Gasteiger partial charge is 0.309 e. The van der Waals surface area contributed by atoms with Crippen LogP contribution in [0.4, 0.5) is 0 Å². The van der Waals surface area contributed by atoms with Gasteiger partial charge in [0, 0.05) is 0 Å². The molecule has 104 valence electrons. The van der Waals surface area contributed by atoms with Crippen LogP contribution >= 0.6 is 0 Å². The van der Waals surface area contributed by atoms with Gasteiger partial charge in [-0.1, -0.05) is 19.1 Å². The van der Waals surface area contributed by atoms with Crippen LogP contribution in [0.5, 0.6) is 0 Å². The van der Waals surface area contributed by atoms with Crippen molar-refractivity contribution in [2.45, 2.75) is 13.3 Å². The quantitative estimate of drug-likeness (QED) is 0.615. The molecule has 5 nitrogen and oxygen atoms in total. The van der Waals surface area contributed by atoms with E-state index < -0.39 is 0 Å². The zero-order valence-corrected chi connectivity index (χ0v) is 11.2. The molecule has 1 aromatic carbocycles. The number of ether oxygens (including phenoxy) is 1. The highest BCUT2D eigenvalue weighted by Gasteiger charge is 2.41. The first-order valence-electron chi connectivity index (χ1n) is 6.71. The summed E-state index contributed by atoms with van der Waals surface area (Å²) >= 11 is 0. The van der Waals surface area contributed by atoms with Crippen molar-refractivity contribution < 1.29 is 19.1 Å². The maximum atomic E-state index is 12.0. The van der Waals surface area contributed by atoms with E-state index in [1.54, 1.807) is 24.3 Å². The molecule has 3 rings (SSSR count). The highest BCUT2D eigenvalue weighted by molar-refractivity contribution is 6.21. The number of imide groups is 1. The van der Waals surface area contributed by atoms with Crippen molar-refractivity contribution in [2.75, 3.05) is 13.2 Å². The number of benzene rings is 1. The largest absolute Gasteiger partial charge is 0.464 e. The van der Waals surface area contributed by atoms with Crippen molar-refractivity contribution in [2.24, 2.45) is 11.8 Å². The Balaban J connectivity index is 1.58. The van der Waals surface area contributed by atoms with E-state index in [0.29, 0.717) is 17.0 Å². The van der Waals surface area contributed by atoms with Gasteiger partial charge in [-0.05, 0) is 24.5 Å². The van der Waals surface area contributed by atoms with Crippen molar-refractivity contribution in [3.8, 4) is 0 Å². The topological polar surface area (TPSA) is 63.7 Å². The maximum Gasteiger partial charge on any atom is 0.309 e. The molecule has 0 aromatic heterocycles. The molecule has 1 aliphatic heterocycles. The van der Waals surface area contributed by atoms with E-state index in [1.807, 2.05) is 6.92 Å². The molecule has 0 spiro atoms. The third kappa shape index (κ3) is 2.09. The fourth-order valence-corrected chi connectivity index (χ4v) is 2.44. The van der Waals surface area contributed by atoms with Crippen molar-refractivity contribution in [3.63, 3.8) is 0 Å². The van der Waals surface area contributed by atoms with E-state index in [-0.39, 0.29) is 36.9 Å². The van der Waals surface area contributed by atoms with E-state index in [0.717, 1.165) is 11.3 Å². The van der Waals surface area contributed by atoms with E-state index in [4.69, 9.17) is 4.74 Å². The number of nitrogens with zero attached hydrogens (tertiary/aromatic N) is 1. The van der Waals surface area contributed by atoms with E-state index >= 15 is 0 Å². The van der Waals surface area contributed by atoms with Crippen LogP contribution < -0.4 is 0 Å². The summed E-state index contributed by atoms with van der Waals surface area (Å²) in [5.74, 6) is -0.476. The molecule has 1 fully saturated rings. The predicted molar refractivity (Wildman–Crippen MR) is 70.0 cm³/mol. The molecule has 20 heavy (non-hydrogen) atoms. The van der Waals surface area contributed by atoms with Crippen molar-refractivity contribution >= 4 is 17.8 Å². The van der Waals surface area contributed by atoms with Crippen LogP contribution in [0, 0.1) is 11.8 Å². The number of carbonyl (C=O) groups excluding carboxylic acids is 3. The van der Waals surface area contributed by atoms with Gasteiger partial charge >= 0.3 is 5.97 Å². The SMILES string of the molecule is C[C@@H]1C[C@H]1C(=O)OCCN1C(=O)c2ccccc2C1=O. The molecule has 2 amide bonds. The van der Waals surface area contributed by atoms with Crippen LogP contribution in [-0.4, -0.2) is 35.8 Å². The van der Waals surface area contributed by atoms with Gasteiger partial charge in [-0.3, -0.25) is 19.3 Å². The van der Waals surface area contributed by atoms with E-state index in [2.05, 4.69) is 0 Å². The van der Waals surface area contributed by atoms with Crippen LogP contribution in [0.1, 0.15) is 34.1 Å². The number of hydrogen-bond acceptors (Lipinski definition) is 4. The molecule has 0 bridgehead atoms. The Hall–Kier alpha value is -2.17. The highest BCUT2D eigenvalue weighted by atomic mass is 16.5. The van der Waals surface area contributed by atoms with Crippen molar-refractivity contribution in [3.05, 3.63) is 35.4 Å². The Morgan fingerprint density at radius 1 is 1.25 bits per heavy atom. The van der Waals surface area contributed by atoms with Gasteiger partial charge in [-0.15, -0.1) is 0 Å². The minimum atomic E-state index is -0.318. The molecular weight excluding hydrogens is 258 g/mol. The summed E-state index contributed by atoms with van der Waals surface area (Å²) in [7, 11) is 0. The second-order valence-electron chi connectivity index (χ2n) is 5.29.